The molecule has 0 radical (unpaired) electrons. The smallest absolute Gasteiger partial charge is 0.0701 e. The van der Waals surface area contributed by atoms with Crippen molar-refractivity contribution < 1.29 is 0 Å². The molecule has 4 heteroatoms. The van der Waals surface area contributed by atoms with Crippen molar-refractivity contribution in [2.24, 2.45) is 0 Å². The molecule has 1 aromatic heterocycles. The van der Waals surface area contributed by atoms with E-state index in [1.807, 2.05) is 12.1 Å². The van der Waals surface area contributed by atoms with E-state index in [-0.39, 0.29) is 0 Å². The zero-order chi connectivity index (χ0) is 8.72. The van der Waals surface area contributed by atoms with E-state index >= 15 is 0 Å². The number of benzene rings is 1. The normalized spacial score (nSPS) is 10.9. The third-order valence-electron chi connectivity index (χ3n) is 1.65. The van der Waals surface area contributed by atoms with E-state index in [0.29, 0.717) is 10.0 Å². The fraction of sp³-hybridized carbons (Fsp3) is 0. The molecule has 2 rings (SSSR count). The Morgan fingerprint density at radius 1 is 1.08 bits per heavy atom. The van der Waals surface area contributed by atoms with E-state index in [9.17, 15) is 0 Å². The van der Waals surface area contributed by atoms with Gasteiger partial charge in [-0.25, -0.2) is 0 Å². The van der Waals surface area contributed by atoms with Gasteiger partial charge in [0.15, 0.2) is 0 Å². The summed E-state index contributed by atoms with van der Waals surface area (Å²) in [5, 5.41) is 2.95. The lowest BCUT2D eigenvalue weighted by atomic mass is 10.2. The zero-order valence-corrected chi connectivity index (χ0v) is 8.34. The Balaban J connectivity index is 2.83. The van der Waals surface area contributed by atoms with Gasteiger partial charge in [-0.15, -0.1) is 12.6 Å². The molecule has 1 nitrogen and oxygen atoms in total. The fourth-order valence-electron chi connectivity index (χ4n) is 1.11. The van der Waals surface area contributed by atoms with Crippen LogP contribution in [0.5, 0.6) is 0 Å². The predicted molar refractivity (Wildman–Crippen MR) is 55.6 cm³/mol. The van der Waals surface area contributed by atoms with Crippen LogP contribution in [0.25, 0.3) is 10.9 Å². The van der Waals surface area contributed by atoms with Crippen molar-refractivity contribution in [3.8, 4) is 0 Å². The monoisotopic (exact) mass is 217 g/mol. The van der Waals surface area contributed by atoms with Gasteiger partial charge >= 0.3 is 0 Å². The average molecular weight is 218 g/mol. The lowest BCUT2D eigenvalue weighted by Gasteiger charge is -1.94. The number of H-pyrrole nitrogens is 1. The summed E-state index contributed by atoms with van der Waals surface area (Å²) in [6.45, 7) is 0. The summed E-state index contributed by atoms with van der Waals surface area (Å²) in [6, 6.07) is 5.51. The Hall–Kier alpha value is -0.310. The van der Waals surface area contributed by atoms with Crippen molar-refractivity contribution in [3.05, 3.63) is 28.2 Å². The van der Waals surface area contributed by atoms with Gasteiger partial charge in [0.2, 0.25) is 0 Å². The molecule has 0 aliphatic heterocycles. The van der Waals surface area contributed by atoms with Gasteiger partial charge in [0.05, 0.1) is 15.1 Å². The number of fused-ring (bicyclic) bond motifs is 1. The van der Waals surface area contributed by atoms with Crippen molar-refractivity contribution in [2.75, 3.05) is 0 Å². The Morgan fingerprint density at radius 3 is 2.50 bits per heavy atom. The molecular weight excluding hydrogens is 213 g/mol. The SMILES string of the molecule is Sc1cc2cc(Cl)c(Cl)cc2[nH]1. The molecule has 0 saturated carbocycles. The van der Waals surface area contributed by atoms with Crippen LogP contribution in [-0.2, 0) is 0 Å². The van der Waals surface area contributed by atoms with Gasteiger partial charge in [-0.3, -0.25) is 0 Å². The highest BCUT2D eigenvalue weighted by atomic mass is 35.5. The molecule has 1 heterocycles. The van der Waals surface area contributed by atoms with Gasteiger partial charge in [0, 0.05) is 10.9 Å². The molecule has 0 spiro atoms. The van der Waals surface area contributed by atoms with Crippen LogP contribution in [0.15, 0.2) is 23.2 Å². The van der Waals surface area contributed by atoms with Crippen LogP contribution in [0, 0.1) is 0 Å². The van der Waals surface area contributed by atoms with Gasteiger partial charge < -0.3 is 4.98 Å². The maximum Gasteiger partial charge on any atom is 0.0701 e. The van der Waals surface area contributed by atoms with E-state index in [1.165, 1.54) is 0 Å². The highest BCUT2D eigenvalue weighted by Gasteiger charge is 2.02. The summed E-state index contributed by atoms with van der Waals surface area (Å²) in [6.07, 6.45) is 0. The molecular formula is C8H5Cl2NS. The number of halogens is 2. The van der Waals surface area contributed by atoms with Crippen molar-refractivity contribution >= 4 is 46.7 Å². The lowest BCUT2D eigenvalue weighted by Crippen LogP contribution is -1.70. The minimum atomic E-state index is 0.555. The van der Waals surface area contributed by atoms with Crippen molar-refractivity contribution in [3.63, 3.8) is 0 Å². The third kappa shape index (κ3) is 1.30. The Morgan fingerprint density at radius 2 is 1.75 bits per heavy atom. The first-order valence-electron chi connectivity index (χ1n) is 3.33. The highest BCUT2D eigenvalue weighted by molar-refractivity contribution is 7.80. The van der Waals surface area contributed by atoms with Crippen LogP contribution >= 0.6 is 35.8 Å². The van der Waals surface area contributed by atoms with Crippen LogP contribution < -0.4 is 0 Å². The molecule has 12 heavy (non-hydrogen) atoms. The second kappa shape index (κ2) is 2.87. The van der Waals surface area contributed by atoms with E-state index in [0.717, 1.165) is 15.9 Å². The highest BCUT2D eigenvalue weighted by Crippen LogP contribution is 2.28. The first kappa shape index (κ1) is 8.30. The quantitative estimate of drug-likeness (QED) is 0.626. The van der Waals surface area contributed by atoms with Crippen molar-refractivity contribution in [1.29, 1.82) is 0 Å². The van der Waals surface area contributed by atoms with Gasteiger partial charge in [-0.1, -0.05) is 23.2 Å². The first-order valence-corrected chi connectivity index (χ1v) is 4.54. The second-order valence-corrected chi connectivity index (χ2v) is 3.80. The number of thiol groups is 1. The molecule has 0 aliphatic rings. The summed E-state index contributed by atoms with van der Waals surface area (Å²) in [5.74, 6) is 0. The van der Waals surface area contributed by atoms with E-state index in [2.05, 4.69) is 17.6 Å². The van der Waals surface area contributed by atoms with E-state index in [4.69, 9.17) is 23.2 Å². The number of hydrogen-bond acceptors (Lipinski definition) is 1. The molecule has 0 saturated heterocycles. The van der Waals surface area contributed by atoms with Crippen molar-refractivity contribution in [1.82, 2.24) is 4.98 Å². The molecule has 0 unspecified atom stereocenters. The number of rotatable bonds is 0. The van der Waals surface area contributed by atoms with Crippen LogP contribution in [0.4, 0.5) is 0 Å². The Kier molecular flexibility index (Phi) is 1.99. The average Bonchev–Trinajstić information content (AvgIpc) is 2.30. The van der Waals surface area contributed by atoms with Crippen LogP contribution in [0.2, 0.25) is 10.0 Å². The first-order chi connectivity index (χ1) is 5.66. The minimum absolute atomic E-state index is 0.555. The minimum Gasteiger partial charge on any atom is -0.350 e. The molecule has 0 aliphatic carbocycles. The summed E-state index contributed by atoms with van der Waals surface area (Å²) >= 11 is 15.8. The number of nitrogens with one attached hydrogen (secondary N) is 1. The topological polar surface area (TPSA) is 15.8 Å². The number of hydrogen-bond donors (Lipinski definition) is 2. The van der Waals surface area contributed by atoms with Crippen LogP contribution in [-0.4, -0.2) is 4.98 Å². The molecule has 0 atom stereocenters. The van der Waals surface area contributed by atoms with Gasteiger partial charge in [-0.2, -0.15) is 0 Å². The molecule has 0 fully saturated rings. The van der Waals surface area contributed by atoms with Crippen LogP contribution in [0.3, 0.4) is 0 Å². The number of aromatic nitrogens is 1. The van der Waals surface area contributed by atoms with E-state index in [1.54, 1.807) is 6.07 Å². The third-order valence-corrected chi connectivity index (χ3v) is 2.61. The van der Waals surface area contributed by atoms with E-state index < -0.39 is 0 Å². The van der Waals surface area contributed by atoms with Gasteiger partial charge in [0.1, 0.15) is 0 Å². The summed E-state index contributed by atoms with van der Waals surface area (Å²) < 4.78 is 0. The summed E-state index contributed by atoms with van der Waals surface area (Å²) in [5.41, 5.74) is 0.953. The predicted octanol–water partition coefficient (Wildman–Crippen LogP) is 3.76. The molecule has 1 N–H and O–H groups in total. The van der Waals surface area contributed by atoms with Gasteiger partial charge in [0.25, 0.3) is 0 Å². The second-order valence-electron chi connectivity index (χ2n) is 2.51. The summed E-state index contributed by atoms with van der Waals surface area (Å²) in [4.78, 5) is 3.05. The maximum atomic E-state index is 5.83. The largest absolute Gasteiger partial charge is 0.350 e. The van der Waals surface area contributed by atoms with Crippen molar-refractivity contribution in [2.45, 2.75) is 5.03 Å². The molecule has 0 bridgehead atoms. The fourth-order valence-corrected chi connectivity index (χ4v) is 1.71. The molecule has 2 aromatic rings. The molecule has 62 valence electrons. The molecule has 0 amide bonds. The standard InChI is InChI=1S/C8H5Cl2NS/c9-5-1-4-2-8(12)11-7(4)3-6(5)10/h1-3,11-12H. The zero-order valence-electron chi connectivity index (χ0n) is 5.94. The lowest BCUT2D eigenvalue weighted by molar-refractivity contribution is 1.25. The Labute approximate surface area is 85.1 Å². The molecule has 1 aromatic carbocycles. The van der Waals surface area contributed by atoms with Crippen LogP contribution in [0.1, 0.15) is 0 Å². The Bertz CT molecular complexity index is 397. The summed E-state index contributed by atoms with van der Waals surface area (Å²) in [7, 11) is 0. The number of aromatic amines is 1. The maximum absolute atomic E-state index is 5.83. The van der Waals surface area contributed by atoms with Gasteiger partial charge in [-0.05, 0) is 18.2 Å².